The standard InChI is InChI=1S/C12H20N4O4S/c1-15(2)6-7-16(10-4-8-21(18,19)9-10)12(17)14-11-3-5-13-20-11/h3,5,10H,4,6-9H2,1-2H3,(H,14,17). The van der Waals surface area contributed by atoms with E-state index in [2.05, 4.69) is 10.5 Å². The van der Waals surface area contributed by atoms with Crippen LogP contribution in [0.1, 0.15) is 6.42 Å². The summed E-state index contributed by atoms with van der Waals surface area (Å²) >= 11 is 0. The van der Waals surface area contributed by atoms with Crippen LogP contribution in [0.2, 0.25) is 0 Å². The number of rotatable bonds is 5. The highest BCUT2D eigenvalue weighted by molar-refractivity contribution is 7.91. The molecule has 1 aromatic heterocycles. The van der Waals surface area contributed by atoms with Crippen LogP contribution in [-0.4, -0.2) is 74.1 Å². The number of likely N-dealkylation sites (N-methyl/N-ethyl adjacent to an activating group) is 1. The van der Waals surface area contributed by atoms with Crippen molar-refractivity contribution in [1.82, 2.24) is 15.0 Å². The van der Waals surface area contributed by atoms with Crippen molar-refractivity contribution >= 4 is 21.8 Å². The van der Waals surface area contributed by atoms with Crippen LogP contribution in [0.5, 0.6) is 0 Å². The third-order valence-electron chi connectivity index (χ3n) is 3.37. The van der Waals surface area contributed by atoms with E-state index >= 15 is 0 Å². The van der Waals surface area contributed by atoms with Gasteiger partial charge >= 0.3 is 6.03 Å². The van der Waals surface area contributed by atoms with E-state index in [-0.39, 0.29) is 29.5 Å². The van der Waals surface area contributed by atoms with Gasteiger partial charge in [-0.15, -0.1) is 0 Å². The van der Waals surface area contributed by atoms with Crippen molar-refractivity contribution in [1.29, 1.82) is 0 Å². The van der Waals surface area contributed by atoms with Gasteiger partial charge in [-0.3, -0.25) is 5.32 Å². The number of hydrogen-bond donors (Lipinski definition) is 1. The number of hydrogen-bond acceptors (Lipinski definition) is 6. The molecule has 1 aliphatic heterocycles. The molecule has 2 heterocycles. The van der Waals surface area contributed by atoms with Crippen molar-refractivity contribution in [3.05, 3.63) is 12.3 Å². The first kappa shape index (κ1) is 15.8. The maximum atomic E-state index is 12.3. The lowest BCUT2D eigenvalue weighted by atomic mass is 10.2. The number of nitrogens with zero attached hydrogens (tertiary/aromatic N) is 3. The van der Waals surface area contributed by atoms with Gasteiger partial charge in [0.05, 0.1) is 17.7 Å². The van der Waals surface area contributed by atoms with Crippen LogP contribution >= 0.6 is 0 Å². The minimum atomic E-state index is -3.05. The van der Waals surface area contributed by atoms with Crippen LogP contribution in [0.15, 0.2) is 16.8 Å². The highest BCUT2D eigenvalue weighted by Crippen LogP contribution is 2.19. The number of urea groups is 1. The Kier molecular flexibility index (Phi) is 4.84. The molecule has 9 heteroatoms. The lowest BCUT2D eigenvalue weighted by molar-refractivity contribution is 0.185. The number of nitrogens with one attached hydrogen (secondary N) is 1. The monoisotopic (exact) mass is 316 g/mol. The summed E-state index contributed by atoms with van der Waals surface area (Å²) in [6.07, 6.45) is 1.90. The van der Waals surface area contributed by atoms with Gasteiger partial charge in [-0.05, 0) is 20.5 Å². The van der Waals surface area contributed by atoms with Gasteiger partial charge in [0.25, 0.3) is 0 Å². The first-order valence-electron chi connectivity index (χ1n) is 6.71. The fourth-order valence-corrected chi connectivity index (χ4v) is 3.97. The molecule has 1 N–H and O–H groups in total. The summed E-state index contributed by atoms with van der Waals surface area (Å²) in [5.41, 5.74) is 0. The van der Waals surface area contributed by atoms with E-state index in [1.54, 1.807) is 4.90 Å². The van der Waals surface area contributed by atoms with Crippen molar-refractivity contribution in [3.63, 3.8) is 0 Å². The molecule has 0 bridgehead atoms. The summed E-state index contributed by atoms with van der Waals surface area (Å²) in [6.45, 7) is 1.10. The molecule has 2 amide bonds. The summed E-state index contributed by atoms with van der Waals surface area (Å²) in [7, 11) is 0.756. The minimum absolute atomic E-state index is 0.0181. The van der Waals surface area contributed by atoms with Gasteiger partial charge in [-0.25, -0.2) is 13.2 Å². The molecule has 0 saturated carbocycles. The summed E-state index contributed by atoms with van der Waals surface area (Å²) in [5, 5.41) is 6.11. The van der Waals surface area contributed by atoms with Gasteiger partial charge in [0.2, 0.25) is 5.88 Å². The highest BCUT2D eigenvalue weighted by Gasteiger charge is 2.34. The van der Waals surface area contributed by atoms with E-state index in [9.17, 15) is 13.2 Å². The molecule has 8 nitrogen and oxygen atoms in total. The first-order chi connectivity index (χ1) is 9.87. The molecule has 2 rings (SSSR count). The smallest absolute Gasteiger partial charge is 0.324 e. The van der Waals surface area contributed by atoms with Crippen LogP contribution in [0.25, 0.3) is 0 Å². The van der Waals surface area contributed by atoms with E-state index in [1.165, 1.54) is 12.3 Å². The average Bonchev–Trinajstić information content (AvgIpc) is 2.99. The van der Waals surface area contributed by atoms with Crippen LogP contribution in [-0.2, 0) is 9.84 Å². The molecule has 118 valence electrons. The molecule has 1 aromatic rings. The number of carbonyl (C=O) groups is 1. The lowest BCUT2D eigenvalue weighted by Crippen LogP contribution is -2.46. The van der Waals surface area contributed by atoms with Gasteiger partial charge in [0.1, 0.15) is 0 Å². The topological polar surface area (TPSA) is 95.8 Å². The summed E-state index contributed by atoms with van der Waals surface area (Å²) in [6, 6.07) is 0.876. The Labute approximate surface area is 124 Å². The number of amides is 2. The molecular formula is C12H20N4O4S. The van der Waals surface area contributed by atoms with Gasteiger partial charge in [-0.1, -0.05) is 5.16 Å². The predicted octanol–water partition coefficient (Wildman–Crippen LogP) is 0.257. The number of carbonyl (C=O) groups excluding carboxylic acids is 1. The number of anilines is 1. The van der Waals surface area contributed by atoms with Crippen molar-refractivity contribution < 1.29 is 17.7 Å². The summed E-state index contributed by atoms with van der Waals surface area (Å²) in [5.74, 6) is 0.395. The maximum absolute atomic E-state index is 12.3. The van der Waals surface area contributed by atoms with E-state index in [4.69, 9.17) is 4.52 Å². The van der Waals surface area contributed by atoms with Crippen molar-refractivity contribution in [3.8, 4) is 0 Å². The molecule has 1 aliphatic rings. The van der Waals surface area contributed by atoms with E-state index in [0.29, 0.717) is 19.5 Å². The van der Waals surface area contributed by atoms with E-state index in [0.717, 1.165) is 0 Å². The predicted molar refractivity (Wildman–Crippen MR) is 77.8 cm³/mol. The second-order valence-electron chi connectivity index (χ2n) is 5.36. The molecule has 0 aliphatic carbocycles. The Morgan fingerprint density at radius 2 is 2.24 bits per heavy atom. The molecule has 1 unspecified atom stereocenters. The van der Waals surface area contributed by atoms with Gasteiger partial charge in [0, 0.05) is 25.2 Å². The van der Waals surface area contributed by atoms with Crippen LogP contribution in [0, 0.1) is 0 Å². The maximum Gasteiger partial charge on any atom is 0.324 e. The summed E-state index contributed by atoms with van der Waals surface area (Å²) in [4.78, 5) is 15.8. The minimum Gasteiger partial charge on any atom is -0.338 e. The third kappa shape index (κ3) is 4.43. The molecule has 21 heavy (non-hydrogen) atoms. The second-order valence-corrected chi connectivity index (χ2v) is 7.59. The SMILES string of the molecule is CN(C)CCN(C(=O)Nc1ccno1)C1CCS(=O)(=O)C1. The van der Waals surface area contributed by atoms with Crippen molar-refractivity contribution in [2.45, 2.75) is 12.5 Å². The zero-order valence-corrected chi connectivity index (χ0v) is 13.0. The van der Waals surface area contributed by atoms with Crippen LogP contribution < -0.4 is 5.32 Å². The van der Waals surface area contributed by atoms with Gasteiger partial charge in [-0.2, -0.15) is 0 Å². The molecule has 0 aromatic carbocycles. The molecule has 0 radical (unpaired) electrons. The van der Waals surface area contributed by atoms with Gasteiger partial charge in [0.15, 0.2) is 9.84 Å². The Morgan fingerprint density at radius 1 is 1.48 bits per heavy atom. The quantitative estimate of drug-likeness (QED) is 0.837. The first-order valence-corrected chi connectivity index (χ1v) is 8.53. The highest BCUT2D eigenvalue weighted by atomic mass is 32.2. The Morgan fingerprint density at radius 3 is 2.76 bits per heavy atom. The zero-order valence-electron chi connectivity index (χ0n) is 12.2. The average molecular weight is 316 g/mol. The summed E-state index contributed by atoms with van der Waals surface area (Å²) < 4.78 is 28.1. The largest absolute Gasteiger partial charge is 0.338 e. The molecule has 0 spiro atoms. The van der Waals surface area contributed by atoms with Crippen molar-refractivity contribution in [2.75, 3.05) is 44.0 Å². The molecular weight excluding hydrogens is 296 g/mol. The van der Waals surface area contributed by atoms with Crippen LogP contribution in [0.3, 0.4) is 0 Å². The normalized spacial score (nSPS) is 20.6. The molecule has 1 atom stereocenters. The van der Waals surface area contributed by atoms with E-state index in [1.807, 2.05) is 19.0 Å². The third-order valence-corrected chi connectivity index (χ3v) is 5.12. The fourth-order valence-electron chi connectivity index (χ4n) is 2.24. The molecule has 1 saturated heterocycles. The lowest BCUT2D eigenvalue weighted by Gasteiger charge is -2.29. The Bertz CT molecular complexity index is 570. The second kappa shape index (κ2) is 6.44. The van der Waals surface area contributed by atoms with Gasteiger partial charge < -0.3 is 14.3 Å². The Hall–Kier alpha value is -1.61. The molecule has 1 fully saturated rings. The number of sulfone groups is 1. The Balaban J connectivity index is 2.06. The number of aromatic nitrogens is 1. The van der Waals surface area contributed by atoms with E-state index < -0.39 is 9.84 Å². The fraction of sp³-hybridized carbons (Fsp3) is 0.667. The van der Waals surface area contributed by atoms with Crippen LogP contribution in [0.4, 0.5) is 10.7 Å². The van der Waals surface area contributed by atoms with Crippen molar-refractivity contribution in [2.24, 2.45) is 0 Å². The zero-order chi connectivity index (χ0) is 15.5.